The molecule has 0 radical (unpaired) electrons. The number of aryl methyl sites for hydroxylation is 1. The highest BCUT2D eigenvalue weighted by Crippen LogP contribution is 2.32. The van der Waals surface area contributed by atoms with Crippen molar-refractivity contribution < 1.29 is 13.2 Å². The summed E-state index contributed by atoms with van der Waals surface area (Å²) in [5.74, 6) is -0.379. The average Bonchev–Trinajstić information content (AvgIpc) is 2.92. The minimum absolute atomic E-state index is 0.151. The van der Waals surface area contributed by atoms with Crippen molar-refractivity contribution in [3.63, 3.8) is 0 Å². The first-order chi connectivity index (χ1) is 12.7. The van der Waals surface area contributed by atoms with Crippen LogP contribution in [-0.4, -0.2) is 32.2 Å². The van der Waals surface area contributed by atoms with Gasteiger partial charge in [-0.15, -0.1) is 11.3 Å². The molecule has 0 spiro atoms. The summed E-state index contributed by atoms with van der Waals surface area (Å²) in [6.45, 7) is 6.19. The lowest BCUT2D eigenvalue weighted by atomic mass is 10.2. The molecule has 2 rings (SSSR count). The van der Waals surface area contributed by atoms with E-state index in [-0.39, 0.29) is 10.8 Å². The topological polar surface area (TPSA) is 90.3 Å². The molecule has 1 heterocycles. The van der Waals surface area contributed by atoms with Crippen LogP contribution in [0.3, 0.4) is 0 Å². The highest BCUT2D eigenvalue weighted by molar-refractivity contribution is 7.89. The van der Waals surface area contributed by atoms with Crippen LogP contribution in [0, 0.1) is 25.2 Å². The van der Waals surface area contributed by atoms with Crippen molar-refractivity contribution in [2.75, 3.05) is 18.9 Å². The molecule has 0 aliphatic rings. The summed E-state index contributed by atoms with van der Waals surface area (Å²) < 4.78 is 26.4. The van der Waals surface area contributed by atoms with Gasteiger partial charge in [0.05, 0.1) is 10.5 Å². The maximum atomic E-state index is 12.5. The standard InChI is InChI=1S/C19H23N3O3S2/c1-5-6-11-22(4)27(24,25)16-9-7-15(8-10-16)18(23)21-19-17(12-20)13(2)14(3)26-19/h7-10H,5-6,11H2,1-4H3,(H,21,23). The van der Waals surface area contributed by atoms with Gasteiger partial charge in [-0.3, -0.25) is 4.79 Å². The number of hydrogen-bond acceptors (Lipinski definition) is 5. The summed E-state index contributed by atoms with van der Waals surface area (Å²) >= 11 is 1.35. The van der Waals surface area contributed by atoms with Crippen LogP contribution in [0.15, 0.2) is 29.2 Å². The molecule has 0 bridgehead atoms. The van der Waals surface area contributed by atoms with E-state index in [2.05, 4.69) is 11.4 Å². The zero-order chi connectivity index (χ0) is 20.2. The van der Waals surface area contributed by atoms with Gasteiger partial charge < -0.3 is 5.32 Å². The van der Waals surface area contributed by atoms with Crippen molar-refractivity contribution in [3.8, 4) is 6.07 Å². The van der Waals surface area contributed by atoms with E-state index < -0.39 is 10.0 Å². The van der Waals surface area contributed by atoms with Crippen LogP contribution in [0.25, 0.3) is 0 Å². The largest absolute Gasteiger partial charge is 0.312 e. The molecule has 0 atom stereocenters. The van der Waals surface area contributed by atoms with Crippen molar-refractivity contribution in [1.82, 2.24) is 4.31 Å². The molecule has 1 aromatic heterocycles. The van der Waals surface area contributed by atoms with Crippen molar-refractivity contribution >= 4 is 32.3 Å². The summed E-state index contributed by atoms with van der Waals surface area (Å²) in [5.41, 5.74) is 1.65. The van der Waals surface area contributed by atoms with Gasteiger partial charge in [0.2, 0.25) is 10.0 Å². The van der Waals surface area contributed by atoms with Gasteiger partial charge in [-0.05, 0) is 50.1 Å². The van der Waals surface area contributed by atoms with Gasteiger partial charge in [0.15, 0.2) is 0 Å². The summed E-state index contributed by atoms with van der Waals surface area (Å²) in [4.78, 5) is 13.6. The molecule has 0 aliphatic heterocycles. The fourth-order valence-corrected chi connectivity index (χ4v) is 4.70. The molecule has 0 unspecified atom stereocenters. The van der Waals surface area contributed by atoms with E-state index in [4.69, 9.17) is 0 Å². The van der Waals surface area contributed by atoms with Crippen LogP contribution in [0.4, 0.5) is 5.00 Å². The Balaban J connectivity index is 2.19. The van der Waals surface area contributed by atoms with Crippen LogP contribution in [0.2, 0.25) is 0 Å². The van der Waals surface area contributed by atoms with E-state index in [1.165, 1.54) is 39.9 Å². The number of thiophene rings is 1. The van der Waals surface area contributed by atoms with Gasteiger partial charge in [-0.1, -0.05) is 13.3 Å². The molecule has 8 heteroatoms. The number of anilines is 1. The number of rotatable bonds is 7. The van der Waals surface area contributed by atoms with Crippen molar-refractivity contribution in [2.24, 2.45) is 0 Å². The molecule has 1 N–H and O–H groups in total. The summed E-state index contributed by atoms with van der Waals surface area (Å²) in [7, 11) is -2.01. The van der Waals surface area contributed by atoms with Crippen LogP contribution >= 0.6 is 11.3 Å². The fourth-order valence-electron chi connectivity index (χ4n) is 2.48. The van der Waals surface area contributed by atoms with Gasteiger partial charge in [-0.25, -0.2) is 12.7 Å². The van der Waals surface area contributed by atoms with E-state index in [0.29, 0.717) is 22.7 Å². The lowest BCUT2D eigenvalue weighted by Crippen LogP contribution is -2.28. The number of nitrogens with one attached hydrogen (secondary N) is 1. The third kappa shape index (κ3) is 4.56. The molecule has 1 amide bonds. The third-order valence-electron chi connectivity index (χ3n) is 4.38. The number of carbonyl (C=O) groups excluding carboxylic acids is 1. The predicted octanol–water partition coefficient (Wildman–Crippen LogP) is 3.91. The number of sulfonamides is 1. The zero-order valence-electron chi connectivity index (χ0n) is 15.9. The fraction of sp³-hybridized carbons (Fsp3) is 0.368. The van der Waals surface area contributed by atoms with Crippen LogP contribution in [0.1, 0.15) is 46.1 Å². The SMILES string of the molecule is CCCCN(C)S(=O)(=O)c1ccc(C(=O)Nc2sc(C)c(C)c2C#N)cc1. The van der Waals surface area contributed by atoms with E-state index in [1.54, 1.807) is 7.05 Å². The predicted molar refractivity (Wildman–Crippen MR) is 108 cm³/mol. The number of carbonyl (C=O) groups is 1. The number of benzene rings is 1. The van der Waals surface area contributed by atoms with E-state index in [1.807, 2.05) is 20.8 Å². The lowest BCUT2D eigenvalue weighted by Gasteiger charge is -2.16. The van der Waals surface area contributed by atoms with E-state index in [9.17, 15) is 18.5 Å². The lowest BCUT2D eigenvalue weighted by molar-refractivity contribution is 0.102. The quantitative estimate of drug-likeness (QED) is 0.756. The molecule has 27 heavy (non-hydrogen) atoms. The number of unbranched alkanes of at least 4 members (excludes halogenated alkanes) is 1. The van der Waals surface area contributed by atoms with Crippen LogP contribution < -0.4 is 5.32 Å². The third-order valence-corrected chi connectivity index (χ3v) is 7.37. The molecular formula is C19H23N3O3S2. The highest BCUT2D eigenvalue weighted by atomic mass is 32.2. The normalized spacial score (nSPS) is 11.4. The van der Waals surface area contributed by atoms with Gasteiger partial charge in [-0.2, -0.15) is 5.26 Å². The van der Waals surface area contributed by atoms with Gasteiger partial charge in [0.25, 0.3) is 5.91 Å². The maximum Gasteiger partial charge on any atom is 0.256 e. The maximum absolute atomic E-state index is 12.5. The first-order valence-corrected chi connectivity index (χ1v) is 10.9. The molecule has 6 nitrogen and oxygen atoms in total. The first kappa shape index (κ1) is 21.1. The second-order valence-corrected chi connectivity index (χ2v) is 9.53. The Morgan fingerprint density at radius 1 is 1.26 bits per heavy atom. The minimum Gasteiger partial charge on any atom is -0.312 e. The minimum atomic E-state index is -3.56. The monoisotopic (exact) mass is 405 g/mol. The first-order valence-electron chi connectivity index (χ1n) is 8.60. The zero-order valence-corrected chi connectivity index (χ0v) is 17.5. The van der Waals surface area contributed by atoms with E-state index >= 15 is 0 Å². The van der Waals surface area contributed by atoms with Gasteiger partial charge >= 0.3 is 0 Å². The van der Waals surface area contributed by atoms with Crippen molar-refractivity contribution in [2.45, 2.75) is 38.5 Å². The van der Waals surface area contributed by atoms with Crippen LogP contribution in [-0.2, 0) is 10.0 Å². The molecule has 144 valence electrons. The molecule has 1 aromatic carbocycles. The summed E-state index contributed by atoms with van der Waals surface area (Å²) in [6, 6.07) is 7.94. The van der Waals surface area contributed by atoms with Gasteiger partial charge in [0, 0.05) is 24.0 Å². The number of nitriles is 1. The molecule has 0 aliphatic carbocycles. The average molecular weight is 406 g/mol. The van der Waals surface area contributed by atoms with Crippen molar-refractivity contribution in [1.29, 1.82) is 5.26 Å². The highest BCUT2D eigenvalue weighted by Gasteiger charge is 2.21. The second kappa shape index (κ2) is 8.65. The number of amides is 1. The molecule has 2 aromatic rings. The Kier molecular flexibility index (Phi) is 6.76. The molecule has 0 saturated carbocycles. The van der Waals surface area contributed by atoms with Gasteiger partial charge in [0.1, 0.15) is 11.1 Å². The number of nitrogens with zero attached hydrogens (tertiary/aromatic N) is 2. The Labute approximate surface area is 164 Å². The Morgan fingerprint density at radius 2 is 1.89 bits per heavy atom. The Hall–Kier alpha value is -2.21. The smallest absolute Gasteiger partial charge is 0.256 e. The summed E-state index contributed by atoms with van der Waals surface area (Å²) in [6.07, 6.45) is 1.70. The molecule has 0 fully saturated rings. The Morgan fingerprint density at radius 3 is 2.44 bits per heavy atom. The van der Waals surface area contributed by atoms with Crippen LogP contribution in [0.5, 0.6) is 0 Å². The molecular weight excluding hydrogens is 382 g/mol. The summed E-state index contributed by atoms with van der Waals surface area (Å²) in [5, 5.41) is 12.5. The Bertz CT molecular complexity index is 971. The molecule has 0 saturated heterocycles. The van der Waals surface area contributed by atoms with E-state index in [0.717, 1.165) is 23.3 Å². The number of hydrogen-bond donors (Lipinski definition) is 1. The van der Waals surface area contributed by atoms with Crippen molar-refractivity contribution in [3.05, 3.63) is 45.8 Å². The second-order valence-electron chi connectivity index (χ2n) is 6.26.